The highest BCUT2D eigenvalue weighted by atomic mass is 32.2. The lowest BCUT2D eigenvalue weighted by Gasteiger charge is -2.05. The van der Waals surface area contributed by atoms with Gasteiger partial charge in [-0.1, -0.05) is 0 Å². The summed E-state index contributed by atoms with van der Waals surface area (Å²) in [6, 6.07) is 4.25. The highest BCUT2D eigenvalue weighted by Gasteiger charge is 2.12. The number of rotatable bonds is 4. The first-order valence-corrected chi connectivity index (χ1v) is 6.31. The average Bonchev–Trinajstić information content (AvgIpc) is 2.72. The van der Waals surface area contributed by atoms with Crippen molar-refractivity contribution in [1.29, 1.82) is 5.41 Å². The van der Waals surface area contributed by atoms with E-state index in [4.69, 9.17) is 11.1 Å². The number of nitrogen functional groups attached to an aromatic ring is 1. The molecule has 0 aliphatic carbocycles. The number of hydrogen-bond acceptors (Lipinski definition) is 4. The largest absolute Gasteiger partial charge is 0.384 e. The van der Waals surface area contributed by atoms with E-state index in [2.05, 4.69) is 10.2 Å². The number of aromatic nitrogens is 3. The summed E-state index contributed by atoms with van der Waals surface area (Å²) in [5, 5.41) is 13.8. The molecule has 4 N–H and O–H groups in total. The number of H-pyrrole nitrogens is 1. The van der Waals surface area contributed by atoms with Crippen LogP contribution >= 0.6 is 11.8 Å². The Balaban J connectivity index is 2.33. The lowest BCUT2D eigenvalue weighted by atomic mass is 10.2. The third-order valence-electron chi connectivity index (χ3n) is 2.48. The SMILES string of the molecule is CCn1c(Sc2ccc(C(=N)N)cc2F)n[nH]c1=O. The number of amidine groups is 1. The van der Waals surface area contributed by atoms with E-state index in [1.807, 2.05) is 0 Å². The minimum atomic E-state index is -0.504. The van der Waals surface area contributed by atoms with Crippen LogP contribution < -0.4 is 11.4 Å². The standard InChI is InChI=1S/C11H12FN5OS/c1-2-17-10(18)15-16-11(17)19-8-4-3-6(9(13)14)5-7(8)12/h3-5H,2H2,1H3,(H3,13,14)(H,15,18). The topological polar surface area (TPSA) is 101 Å². The van der Waals surface area contributed by atoms with Gasteiger partial charge in [-0.2, -0.15) is 0 Å². The Labute approximate surface area is 112 Å². The Bertz CT molecular complexity index is 678. The van der Waals surface area contributed by atoms with Crippen LogP contribution in [-0.2, 0) is 6.54 Å². The van der Waals surface area contributed by atoms with Crippen LogP contribution in [0, 0.1) is 11.2 Å². The number of nitrogens with zero attached hydrogens (tertiary/aromatic N) is 2. The molecule has 6 nitrogen and oxygen atoms in total. The number of benzene rings is 1. The minimum Gasteiger partial charge on any atom is -0.384 e. The molecule has 2 rings (SSSR count). The van der Waals surface area contributed by atoms with E-state index in [-0.39, 0.29) is 11.5 Å². The van der Waals surface area contributed by atoms with E-state index in [0.29, 0.717) is 22.2 Å². The Hall–Kier alpha value is -2.09. The Kier molecular flexibility index (Phi) is 3.70. The summed E-state index contributed by atoms with van der Waals surface area (Å²) in [6.07, 6.45) is 0. The number of halogens is 1. The molecule has 0 bridgehead atoms. The monoisotopic (exact) mass is 281 g/mol. The molecule has 0 fully saturated rings. The van der Waals surface area contributed by atoms with Crippen LogP contribution in [0.2, 0.25) is 0 Å². The van der Waals surface area contributed by atoms with Gasteiger partial charge in [-0.15, -0.1) is 5.10 Å². The molecule has 2 aromatic rings. The first kappa shape index (κ1) is 13.3. The van der Waals surface area contributed by atoms with Crippen molar-refractivity contribution < 1.29 is 4.39 Å². The van der Waals surface area contributed by atoms with Gasteiger partial charge in [-0.25, -0.2) is 14.3 Å². The van der Waals surface area contributed by atoms with Crippen molar-refractivity contribution in [1.82, 2.24) is 14.8 Å². The zero-order valence-corrected chi connectivity index (χ0v) is 10.9. The second-order valence-electron chi connectivity index (χ2n) is 3.72. The molecule has 100 valence electrons. The normalized spacial score (nSPS) is 10.6. The fraction of sp³-hybridized carbons (Fsp3) is 0.182. The summed E-state index contributed by atoms with van der Waals surface area (Å²) in [7, 11) is 0. The summed E-state index contributed by atoms with van der Waals surface area (Å²) >= 11 is 1.04. The van der Waals surface area contributed by atoms with Gasteiger partial charge in [0.05, 0.1) is 4.90 Å². The van der Waals surface area contributed by atoms with Gasteiger partial charge in [0.25, 0.3) is 0 Å². The molecule has 1 aromatic carbocycles. The summed E-state index contributed by atoms with van der Waals surface area (Å²) in [4.78, 5) is 11.7. The molecule has 1 heterocycles. The van der Waals surface area contributed by atoms with Gasteiger partial charge < -0.3 is 5.73 Å². The van der Waals surface area contributed by atoms with E-state index in [1.54, 1.807) is 13.0 Å². The second kappa shape index (κ2) is 5.27. The fourth-order valence-electron chi connectivity index (χ4n) is 1.51. The number of aromatic amines is 1. The minimum absolute atomic E-state index is 0.194. The average molecular weight is 281 g/mol. The van der Waals surface area contributed by atoms with Crippen molar-refractivity contribution in [3.8, 4) is 0 Å². The van der Waals surface area contributed by atoms with Crippen LogP contribution in [0.5, 0.6) is 0 Å². The molecule has 19 heavy (non-hydrogen) atoms. The van der Waals surface area contributed by atoms with Crippen LogP contribution in [-0.4, -0.2) is 20.6 Å². The zero-order valence-electron chi connectivity index (χ0n) is 10.1. The molecule has 0 aliphatic heterocycles. The van der Waals surface area contributed by atoms with E-state index < -0.39 is 5.82 Å². The molecule has 0 amide bonds. The van der Waals surface area contributed by atoms with Crippen molar-refractivity contribution in [2.75, 3.05) is 0 Å². The second-order valence-corrected chi connectivity index (χ2v) is 4.73. The third kappa shape index (κ3) is 2.68. The Morgan fingerprint density at radius 2 is 2.37 bits per heavy atom. The molecular formula is C11H12FN5OS. The van der Waals surface area contributed by atoms with Crippen molar-refractivity contribution in [3.05, 3.63) is 40.1 Å². The van der Waals surface area contributed by atoms with Crippen LogP contribution in [0.4, 0.5) is 4.39 Å². The molecule has 0 radical (unpaired) electrons. The van der Waals surface area contributed by atoms with Gasteiger partial charge >= 0.3 is 5.69 Å². The number of hydrogen-bond donors (Lipinski definition) is 3. The van der Waals surface area contributed by atoms with Gasteiger partial charge in [0, 0.05) is 12.1 Å². The first-order valence-electron chi connectivity index (χ1n) is 5.50. The van der Waals surface area contributed by atoms with Crippen molar-refractivity contribution in [2.45, 2.75) is 23.5 Å². The maximum atomic E-state index is 13.8. The smallest absolute Gasteiger partial charge is 0.343 e. The maximum absolute atomic E-state index is 13.8. The molecular weight excluding hydrogens is 269 g/mol. The van der Waals surface area contributed by atoms with E-state index in [0.717, 1.165) is 11.8 Å². The predicted octanol–water partition coefficient (Wildman–Crippen LogP) is 1.17. The van der Waals surface area contributed by atoms with Crippen LogP contribution in [0.3, 0.4) is 0 Å². The van der Waals surface area contributed by atoms with Gasteiger partial charge in [0.1, 0.15) is 11.7 Å². The molecule has 0 spiro atoms. The highest BCUT2D eigenvalue weighted by molar-refractivity contribution is 7.99. The van der Waals surface area contributed by atoms with Gasteiger partial charge in [-0.3, -0.25) is 9.98 Å². The summed E-state index contributed by atoms with van der Waals surface area (Å²) in [5.74, 6) is -0.698. The molecule has 0 atom stereocenters. The first-order chi connectivity index (χ1) is 9.02. The molecule has 0 saturated heterocycles. The fourth-order valence-corrected chi connectivity index (χ4v) is 2.41. The maximum Gasteiger partial charge on any atom is 0.343 e. The van der Waals surface area contributed by atoms with E-state index in [1.165, 1.54) is 16.7 Å². The predicted molar refractivity (Wildman–Crippen MR) is 70.1 cm³/mol. The summed E-state index contributed by atoms with van der Waals surface area (Å²) < 4.78 is 15.2. The van der Waals surface area contributed by atoms with Crippen LogP contribution in [0.15, 0.2) is 33.0 Å². The number of nitrogens with two attached hydrogens (primary N) is 1. The van der Waals surface area contributed by atoms with E-state index >= 15 is 0 Å². The summed E-state index contributed by atoms with van der Waals surface area (Å²) in [5.41, 5.74) is 5.27. The quantitative estimate of drug-likeness (QED) is 0.578. The van der Waals surface area contributed by atoms with Crippen LogP contribution in [0.1, 0.15) is 12.5 Å². The molecule has 8 heteroatoms. The number of nitrogens with one attached hydrogen (secondary N) is 2. The van der Waals surface area contributed by atoms with Crippen molar-refractivity contribution in [2.24, 2.45) is 5.73 Å². The van der Waals surface area contributed by atoms with Gasteiger partial charge in [0.2, 0.25) is 0 Å². The molecule has 0 aliphatic rings. The van der Waals surface area contributed by atoms with Crippen molar-refractivity contribution in [3.63, 3.8) is 0 Å². The molecule has 0 saturated carbocycles. The van der Waals surface area contributed by atoms with Crippen molar-refractivity contribution >= 4 is 17.6 Å². The third-order valence-corrected chi connectivity index (χ3v) is 3.53. The Morgan fingerprint density at radius 3 is 2.95 bits per heavy atom. The van der Waals surface area contributed by atoms with Crippen LogP contribution in [0.25, 0.3) is 0 Å². The zero-order chi connectivity index (χ0) is 14.0. The summed E-state index contributed by atoms with van der Waals surface area (Å²) in [6.45, 7) is 2.25. The molecule has 1 aromatic heterocycles. The van der Waals surface area contributed by atoms with Gasteiger partial charge in [0.15, 0.2) is 5.16 Å². The lowest BCUT2D eigenvalue weighted by Crippen LogP contribution is -2.16. The highest BCUT2D eigenvalue weighted by Crippen LogP contribution is 2.28. The van der Waals surface area contributed by atoms with E-state index in [9.17, 15) is 9.18 Å². The lowest BCUT2D eigenvalue weighted by molar-refractivity contribution is 0.599. The van der Waals surface area contributed by atoms with Gasteiger partial charge in [-0.05, 0) is 36.9 Å². The molecule has 0 unspecified atom stereocenters. The Morgan fingerprint density at radius 1 is 1.63 bits per heavy atom.